The van der Waals surface area contributed by atoms with Gasteiger partial charge < -0.3 is 18.9 Å². The molecule has 0 bridgehead atoms. The van der Waals surface area contributed by atoms with Crippen molar-refractivity contribution in [2.24, 2.45) is 4.99 Å². The molecule has 0 fully saturated rings. The lowest BCUT2D eigenvalue weighted by Crippen LogP contribution is -2.14. The predicted octanol–water partition coefficient (Wildman–Crippen LogP) is 2.36. The maximum absolute atomic E-state index is 5.75. The maximum atomic E-state index is 5.75. The Labute approximate surface area is 144 Å². The number of aliphatic imine (C=N–C) groups is 1. The van der Waals surface area contributed by atoms with Crippen LogP contribution in [-0.2, 0) is 4.74 Å². The van der Waals surface area contributed by atoms with Crippen LogP contribution in [-0.4, -0.2) is 41.4 Å². The van der Waals surface area contributed by atoms with Crippen LogP contribution < -0.4 is 24.8 Å². The minimum Gasteiger partial charge on any atom is -0.497 e. The molecule has 0 aliphatic heterocycles. The average molecular weight is 347 g/mol. The van der Waals surface area contributed by atoms with E-state index in [-0.39, 0.29) is 6.79 Å². The van der Waals surface area contributed by atoms with Crippen molar-refractivity contribution in [1.29, 1.82) is 0 Å². The highest BCUT2D eigenvalue weighted by Crippen LogP contribution is 2.34. The average Bonchev–Trinajstić information content (AvgIpc) is 2.61. The number of nitrogens with zero attached hydrogens (tertiary/aromatic N) is 1. The summed E-state index contributed by atoms with van der Waals surface area (Å²) >= 11 is 0. The molecule has 0 saturated heterocycles. The predicted molar refractivity (Wildman–Crippen MR) is 99.6 cm³/mol. The molecule has 0 radical (unpaired) electrons. The molecule has 1 atom stereocenters. The van der Waals surface area contributed by atoms with Crippen molar-refractivity contribution < 1.29 is 18.9 Å². The molecule has 0 aliphatic rings. The van der Waals surface area contributed by atoms with Gasteiger partial charge in [0.25, 0.3) is 0 Å². The Balaban J connectivity index is 2.47. The smallest absolute Gasteiger partial charge is 0.188 e. The molecule has 2 aromatic carbocycles. The van der Waals surface area contributed by atoms with Crippen LogP contribution in [0.3, 0.4) is 0 Å². The van der Waals surface area contributed by atoms with Gasteiger partial charge in [0, 0.05) is 31.7 Å². The molecule has 0 N–H and O–H groups in total. The van der Waals surface area contributed by atoms with E-state index in [4.69, 9.17) is 18.9 Å². The lowest BCUT2D eigenvalue weighted by molar-refractivity contribution is 0.0499. The van der Waals surface area contributed by atoms with Gasteiger partial charge in [0.05, 0.1) is 14.2 Å². The lowest BCUT2D eigenvalue weighted by atomic mass is 10.2. The summed E-state index contributed by atoms with van der Waals surface area (Å²) < 4.78 is 21.6. The molecular weight excluding hydrogens is 325 g/mol. The molecule has 0 heterocycles. The van der Waals surface area contributed by atoms with Gasteiger partial charge in [0.1, 0.15) is 5.75 Å². The molecule has 2 rings (SSSR count). The van der Waals surface area contributed by atoms with Crippen molar-refractivity contribution >= 4 is 25.4 Å². The van der Waals surface area contributed by atoms with Crippen LogP contribution in [0.4, 0.5) is 0 Å². The van der Waals surface area contributed by atoms with Crippen molar-refractivity contribution in [2.45, 2.75) is 0 Å². The second-order valence-corrected chi connectivity index (χ2v) is 6.18. The van der Waals surface area contributed by atoms with Gasteiger partial charge in [-0.2, -0.15) is 0 Å². The van der Waals surface area contributed by atoms with Crippen molar-refractivity contribution in [3.8, 4) is 17.2 Å². The van der Waals surface area contributed by atoms with E-state index in [0.29, 0.717) is 20.1 Å². The second kappa shape index (κ2) is 9.26. The van der Waals surface area contributed by atoms with Gasteiger partial charge in [0.2, 0.25) is 0 Å². The third-order valence-corrected chi connectivity index (χ3v) is 4.67. The number of ether oxygens (including phenoxy) is 4. The van der Waals surface area contributed by atoms with Gasteiger partial charge in [-0.05, 0) is 16.9 Å². The van der Waals surface area contributed by atoms with Gasteiger partial charge >= 0.3 is 0 Å². The molecule has 2 aromatic rings. The highest BCUT2D eigenvalue weighted by molar-refractivity contribution is 7.56. The van der Waals surface area contributed by atoms with Crippen LogP contribution in [0.2, 0.25) is 0 Å². The van der Waals surface area contributed by atoms with Crippen molar-refractivity contribution in [3.63, 3.8) is 0 Å². The summed E-state index contributed by atoms with van der Waals surface area (Å²) in [5.41, 5.74) is 1.08. The molecule has 6 heteroatoms. The molecule has 128 valence electrons. The van der Waals surface area contributed by atoms with Crippen molar-refractivity contribution in [2.75, 3.05) is 35.2 Å². The van der Waals surface area contributed by atoms with E-state index in [0.717, 1.165) is 16.6 Å². The van der Waals surface area contributed by atoms with Crippen LogP contribution in [0.1, 0.15) is 5.56 Å². The van der Waals surface area contributed by atoms with Crippen molar-refractivity contribution in [1.82, 2.24) is 0 Å². The van der Waals surface area contributed by atoms with Crippen molar-refractivity contribution in [3.05, 3.63) is 42.0 Å². The SMILES string of the molecule is C/N=C/c1ccccc1Pc1cc(OC)cc(OC)c1OCOC. The molecule has 0 aromatic heterocycles. The van der Waals surface area contributed by atoms with Gasteiger partial charge in [-0.1, -0.05) is 32.8 Å². The second-order valence-electron chi connectivity index (χ2n) is 4.86. The molecule has 24 heavy (non-hydrogen) atoms. The van der Waals surface area contributed by atoms with Crippen LogP contribution in [0.5, 0.6) is 17.2 Å². The van der Waals surface area contributed by atoms with Gasteiger partial charge in [-0.15, -0.1) is 0 Å². The first-order valence-corrected chi connectivity index (χ1v) is 8.39. The fourth-order valence-electron chi connectivity index (χ4n) is 2.21. The highest BCUT2D eigenvalue weighted by atomic mass is 31.1. The van der Waals surface area contributed by atoms with E-state index in [1.165, 1.54) is 5.30 Å². The molecule has 0 spiro atoms. The summed E-state index contributed by atoms with van der Waals surface area (Å²) in [6.45, 7) is 0.151. The molecule has 0 aliphatic carbocycles. The van der Waals surface area contributed by atoms with E-state index < -0.39 is 0 Å². The maximum Gasteiger partial charge on any atom is 0.188 e. The van der Waals surface area contributed by atoms with Gasteiger partial charge in [-0.3, -0.25) is 4.99 Å². The Morgan fingerprint density at radius 3 is 2.50 bits per heavy atom. The van der Waals surface area contributed by atoms with Crippen LogP contribution in [0.25, 0.3) is 0 Å². The number of hydrogen-bond donors (Lipinski definition) is 0. The first-order chi connectivity index (χ1) is 11.7. The fraction of sp³-hybridized carbons (Fsp3) is 0.278. The zero-order valence-electron chi connectivity index (χ0n) is 14.3. The minimum atomic E-state index is 0.151. The lowest BCUT2D eigenvalue weighted by Gasteiger charge is -2.17. The molecule has 1 unspecified atom stereocenters. The van der Waals surface area contributed by atoms with E-state index in [9.17, 15) is 0 Å². The largest absolute Gasteiger partial charge is 0.497 e. The number of benzene rings is 2. The summed E-state index contributed by atoms with van der Waals surface area (Å²) in [6, 6.07) is 11.9. The first kappa shape index (κ1) is 18.2. The minimum absolute atomic E-state index is 0.151. The first-order valence-electron chi connectivity index (χ1n) is 7.39. The van der Waals surface area contributed by atoms with E-state index in [1.54, 1.807) is 34.4 Å². The molecule has 0 saturated carbocycles. The number of hydrogen-bond acceptors (Lipinski definition) is 5. The Kier molecular flexibility index (Phi) is 7.04. The standard InChI is InChI=1S/C18H22NO4P/c1-19-11-13-7-5-6-8-16(13)24-17-10-14(21-3)9-15(22-4)18(17)23-12-20-2/h5-11,24H,12H2,1-4H3/b19-11+. The zero-order valence-corrected chi connectivity index (χ0v) is 15.3. The monoisotopic (exact) mass is 347 g/mol. The van der Waals surface area contributed by atoms with Crippen LogP contribution >= 0.6 is 8.58 Å². The fourth-order valence-corrected chi connectivity index (χ4v) is 3.50. The van der Waals surface area contributed by atoms with Gasteiger partial charge in [-0.25, -0.2) is 0 Å². The van der Waals surface area contributed by atoms with E-state index >= 15 is 0 Å². The Hall–Kier alpha value is -2.10. The number of rotatable bonds is 8. The molecule has 0 amide bonds. The summed E-state index contributed by atoms with van der Waals surface area (Å²) in [5.74, 6) is 2.01. The normalized spacial score (nSPS) is 11.3. The summed E-state index contributed by atoms with van der Waals surface area (Å²) in [4.78, 5) is 4.13. The summed E-state index contributed by atoms with van der Waals surface area (Å²) in [7, 11) is 6.96. The molecular formula is C18H22NO4P. The summed E-state index contributed by atoms with van der Waals surface area (Å²) in [6.07, 6.45) is 1.86. The third-order valence-electron chi connectivity index (χ3n) is 3.30. The Morgan fingerprint density at radius 1 is 1.04 bits per heavy atom. The third kappa shape index (κ3) is 4.47. The molecule has 5 nitrogen and oxygen atoms in total. The Bertz CT molecular complexity index is 703. The highest BCUT2D eigenvalue weighted by Gasteiger charge is 2.15. The Morgan fingerprint density at radius 2 is 1.83 bits per heavy atom. The van der Waals surface area contributed by atoms with E-state index in [2.05, 4.69) is 11.1 Å². The van der Waals surface area contributed by atoms with Crippen LogP contribution in [0.15, 0.2) is 41.4 Å². The zero-order chi connectivity index (χ0) is 17.4. The van der Waals surface area contributed by atoms with E-state index in [1.807, 2.05) is 30.5 Å². The summed E-state index contributed by atoms with van der Waals surface area (Å²) in [5, 5.41) is 2.15. The topological polar surface area (TPSA) is 49.3 Å². The quantitative estimate of drug-likeness (QED) is 0.418. The van der Waals surface area contributed by atoms with Crippen LogP contribution in [0, 0.1) is 0 Å². The van der Waals surface area contributed by atoms with Gasteiger partial charge in [0.15, 0.2) is 18.3 Å². The number of methoxy groups -OCH3 is 3.